The predicted molar refractivity (Wildman–Crippen MR) is 211 cm³/mol. The van der Waals surface area contributed by atoms with Crippen LogP contribution in [0.4, 0.5) is 0 Å². The van der Waals surface area contributed by atoms with Gasteiger partial charge in [-0.05, 0) is 92.4 Å². The number of benzene rings is 1. The van der Waals surface area contributed by atoms with E-state index < -0.39 is 40.3 Å². The first-order valence-electron chi connectivity index (χ1n) is 20.5. The van der Waals surface area contributed by atoms with E-state index in [0.717, 1.165) is 12.0 Å². The zero-order chi connectivity index (χ0) is 39.8. The van der Waals surface area contributed by atoms with Gasteiger partial charge in [-0.2, -0.15) is 0 Å². The average Bonchev–Trinajstić information content (AvgIpc) is 3.30. The van der Waals surface area contributed by atoms with Gasteiger partial charge >= 0.3 is 0 Å². The summed E-state index contributed by atoms with van der Waals surface area (Å²) in [6.07, 6.45) is 13.9. The number of carbonyl (C=O) groups is 3. The summed E-state index contributed by atoms with van der Waals surface area (Å²) in [7, 11) is 0. The molecule has 3 unspecified atom stereocenters. The highest BCUT2D eigenvalue weighted by Crippen LogP contribution is 2.71. The van der Waals surface area contributed by atoms with E-state index in [-0.39, 0.29) is 46.9 Å². The van der Waals surface area contributed by atoms with E-state index in [4.69, 9.17) is 23.7 Å². The van der Waals surface area contributed by atoms with Crippen molar-refractivity contribution in [3.05, 3.63) is 58.2 Å². The Labute approximate surface area is 330 Å². The maximum Gasteiger partial charge on any atom is 0.246 e. The zero-order valence-electron chi connectivity index (χ0n) is 34.1. The number of hydrogen-bond acceptors (Lipinski definition) is 10. The summed E-state index contributed by atoms with van der Waals surface area (Å²) in [4.78, 5) is 48.4. The summed E-state index contributed by atoms with van der Waals surface area (Å²) in [6.45, 7) is 18.3. The van der Waals surface area contributed by atoms with Gasteiger partial charge in [0.15, 0.2) is 22.8 Å². The molecule has 5 heterocycles. The molecule has 6 fully saturated rings. The number of fused-ring (bicyclic) bond motifs is 2. The highest BCUT2D eigenvalue weighted by atomic mass is 16.6. The fourth-order valence-electron chi connectivity index (χ4n) is 10.9. The summed E-state index contributed by atoms with van der Waals surface area (Å²) >= 11 is 0. The van der Waals surface area contributed by atoms with E-state index in [9.17, 15) is 9.90 Å². The first-order valence-corrected chi connectivity index (χ1v) is 20.5. The second kappa shape index (κ2) is 14.3. The van der Waals surface area contributed by atoms with E-state index in [1.165, 1.54) is 11.6 Å². The number of phenols is 1. The Balaban J connectivity index is 1.31. The number of ketones is 2. The molecule has 4 bridgehead atoms. The molecular weight excluding hydrogens is 713 g/mol. The number of allylic oxidation sites excluding steroid dienone is 4. The van der Waals surface area contributed by atoms with Crippen molar-refractivity contribution >= 4 is 23.5 Å². The Morgan fingerprint density at radius 1 is 0.929 bits per heavy atom. The molecule has 3 aliphatic carbocycles. The van der Waals surface area contributed by atoms with Gasteiger partial charge in [-0.1, -0.05) is 29.4 Å². The van der Waals surface area contributed by atoms with Crippen LogP contribution in [0.15, 0.2) is 41.5 Å². The molecule has 1 aromatic rings. The van der Waals surface area contributed by atoms with E-state index in [2.05, 4.69) is 30.9 Å². The normalized spacial score (nSPS) is 34.0. The third-order valence-corrected chi connectivity index (χ3v) is 13.5. The van der Waals surface area contributed by atoms with Gasteiger partial charge in [0.05, 0.1) is 43.5 Å². The SMILES string of the molecule is CC(C)=CCC[C@]1(C)C=Cc2c(O)c3c(c(CC=C(C)C)c2O1)O[C@]12C(C3=O)C(N3CCOCC3)[C@@H]3CC1C(C)(C)O[C@@]2(C/C=C/C(=O)N1CCOCC1)C3=O. The third kappa shape index (κ3) is 6.02. The lowest BCUT2D eigenvalue weighted by atomic mass is 9.44. The van der Waals surface area contributed by atoms with Crippen LogP contribution in [-0.2, 0) is 30.2 Å². The third-order valence-electron chi connectivity index (χ3n) is 13.5. The average molecular weight is 771 g/mol. The van der Waals surface area contributed by atoms with Crippen LogP contribution in [-0.4, -0.2) is 113 Å². The Morgan fingerprint density at radius 2 is 1.61 bits per heavy atom. The molecule has 0 aromatic heterocycles. The van der Waals surface area contributed by atoms with Crippen molar-refractivity contribution in [2.45, 2.75) is 109 Å². The Bertz CT molecular complexity index is 1930. The molecule has 3 saturated heterocycles. The summed E-state index contributed by atoms with van der Waals surface area (Å²) in [5, 5.41) is 12.3. The smallest absolute Gasteiger partial charge is 0.246 e. The Kier molecular flexibility index (Phi) is 9.94. The molecule has 8 aliphatic rings. The molecule has 5 aliphatic heterocycles. The van der Waals surface area contributed by atoms with Crippen molar-refractivity contribution in [2.75, 3.05) is 52.6 Å². The van der Waals surface area contributed by atoms with E-state index in [1.54, 1.807) is 11.0 Å². The molecule has 7 atom stereocenters. The second-order valence-corrected chi connectivity index (χ2v) is 18.0. The minimum Gasteiger partial charge on any atom is -0.506 e. The fraction of sp³-hybridized carbons (Fsp3) is 0.622. The maximum absolute atomic E-state index is 15.7. The first-order chi connectivity index (χ1) is 26.6. The van der Waals surface area contributed by atoms with Crippen molar-refractivity contribution in [3.63, 3.8) is 0 Å². The molecule has 1 spiro atoms. The number of phenolic OH excluding ortho intramolecular Hbond substituents is 1. The van der Waals surface area contributed by atoms with Gasteiger partial charge < -0.3 is 33.7 Å². The topological polar surface area (TPSA) is 124 Å². The molecule has 0 radical (unpaired) electrons. The van der Waals surface area contributed by atoms with E-state index >= 15 is 9.59 Å². The number of nitrogens with zero attached hydrogens (tertiary/aromatic N) is 2. The quantitative estimate of drug-likeness (QED) is 0.236. The summed E-state index contributed by atoms with van der Waals surface area (Å²) in [6, 6.07) is -0.477. The van der Waals surface area contributed by atoms with E-state index in [0.29, 0.717) is 88.7 Å². The zero-order valence-corrected chi connectivity index (χ0v) is 34.1. The standard InChI is InChI=1S/C45H58N2O9/c1-27(2)10-8-15-43(7)17-14-29-37(49)34-38(50)35-36(47-20-24-53-25-21-47)31-26-32-42(5,6)56-44(41(31)51,16-9-11-33(48)46-18-22-52-23-19-46)45(32,35)55-40(34)30(39(29)54-43)13-12-28(3)4/h9-12,14,17,31-32,35-36,49H,8,13,15-16,18-26H2,1-7H3/b11-9+/t31-,32?,35?,36?,43+,44-,45-/m0/s1. The molecule has 11 heteroatoms. The van der Waals surface area contributed by atoms with Crippen LogP contribution in [0.2, 0.25) is 0 Å². The fourth-order valence-corrected chi connectivity index (χ4v) is 10.9. The van der Waals surface area contributed by atoms with Gasteiger partial charge in [0, 0.05) is 56.0 Å². The molecule has 302 valence electrons. The summed E-state index contributed by atoms with van der Waals surface area (Å²) in [5.41, 5.74) is -0.944. The van der Waals surface area contributed by atoms with Crippen LogP contribution in [0.25, 0.3) is 6.08 Å². The number of ether oxygens (including phenoxy) is 5. The van der Waals surface area contributed by atoms with Crippen molar-refractivity contribution in [1.82, 2.24) is 9.80 Å². The number of aromatic hydroxyl groups is 1. The van der Waals surface area contributed by atoms with Gasteiger partial charge in [0.2, 0.25) is 5.91 Å². The van der Waals surface area contributed by atoms with Crippen LogP contribution in [0.5, 0.6) is 17.2 Å². The lowest BCUT2D eigenvalue weighted by Gasteiger charge is -2.64. The van der Waals surface area contributed by atoms with E-state index in [1.807, 2.05) is 46.8 Å². The number of morpholine rings is 2. The molecular formula is C45H58N2O9. The molecule has 9 rings (SSSR count). The summed E-state index contributed by atoms with van der Waals surface area (Å²) in [5.74, 6) is -1.59. The van der Waals surface area contributed by atoms with Gasteiger partial charge in [-0.25, -0.2) is 0 Å². The molecule has 11 nitrogen and oxygen atoms in total. The number of amides is 1. The van der Waals surface area contributed by atoms with Crippen molar-refractivity contribution in [2.24, 2.45) is 17.8 Å². The number of rotatable bonds is 9. The lowest BCUT2D eigenvalue weighted by Crippen LogP contribution is -2.82. The second-order valence-electron chi connectivity index (χ2n) is 18.0. The minimum atomic E-state index is -1.56. The monoisotopic (exact) mass is 770 g/mol. The Hall–Kier alpha value is -3.77. The predicted octanol–water partition coefficient (Wildman–Crippen LogP) is 6.01. The number of Topliss-reactive ketones (excluding diaryl/α,β-unsaturated/α-hetero) is 2. The van der Waals surface area contributed by atoms with Gasteiger partial charge in [-0.15, -0.1) is 0 Å². The molecule has 1 aromatic carbocycles. The highest BCUT2D eigenvalue weighted by molar-refractivity contribution is 6.10. The molecule has 56 heavy (non-hydrogen) atoms. The van der Waals surface area contributed by atoms with Crippen molar-refractivity contribution < 1.29 is 43.2 Å². The largest absolute Gasteiger partial charge is 0.506 e. The van der Waals surface area contributed by atoms with Gasteiger partial charge in [0.1, 0.15) is 28.4 Å². The highest BCUT2D eigenvalue weighted by Gasteiger charge is 2.85. The van der Waals surface area contributed by atoms with Crippen LogP contribution in [0.3, 0.4) is 0 Å². The molecule has 1 amide bonds. The maximum atomic E-state index is 15.7. The number of carbonyl (C=O) groups excluding carboxylic acids is 3. The van der Waals surface area contributed by atoms with Crippen LogP contribution in [0.1, 0.15) is 95.6 Å². The lowest BCUT2D eigenvalue weighted by molar-refractivity contribution is -0.215. The molecule has 1 N–H and O–H groups in total. The van der Waals surface area contributed by atoms with Crippen molar-refractivity contribution in [3.8, 4) is 17.2 Å². The summed E-state index contributed by atoms with van der Waals surface area (Å²) < 4.78 is 32.8. The van der Waals surface area contributed by atoms with Crippen LogP contribution < -0.4 is 9.47 Å². The van der Waals surface area contributed by atoms with Crippen molar-refractivity contribution in [1.29, 1.82) is 0 Å². The van der Waals surface area contributed by atoms with Crippen LogP contribution >= 0.6 is 0 Å². The Morgan fingerprint density at radius 3 is 2.29 bits per heavy atom. The molecule has 3 saturated carbocycles. The van der Waals surface area contributed by atoms with Gasteiger partial charge in [-0.3, -0.25) is 19.3 Å². The minimum absolute atomic E-state index is 0.0647. The van der Waals surface area contributed by atoms with Crippen LogP contribution in [0, 0.1) is 17.8 Å². The number of hydrogen-bond donors (Lipinski definition) is 1. The van der Waals surface area contributed by atoms with Gasteiger partial charge in [0.25, 0.3) is 0 Å². The first kappa shape index (κ1) is 39.1.